The predicted molar refractivity (Wildman–Crippen MR) is 57.9 cm³/mol. The second-order valence-corrected chi connectivity index (χ2v) is 3.84. The molecule has 0 amide bonds. The standard InChI is InChI=1S/C8H13FN4S/c1-5(4-14-2)12-8-11-3-6(9)7(10)13-8/h3,5H,4H2,1-2H3,(H3,10,11,12,13). The van der Waals surface area contributed by atoms with Crippen LogP contribution >= 0.6 is 11.8 Å². The van der Waals surface area contributed by atoms with Gasteiger partial charge in [0.05, 0.1) is 6.20 Å². The second-order valence-electron chi connectivity index (χ2n) is 2.93. The maximum atomic E-state index is 12.7. The van der Waals surface area contributed by atoms with Gasteiger partial charge in [-0.2, -0.15) is 16.7 Å². The number of hydrogen-bond acceptors (Lipinski definition) is 5. The highest BCUT2D eigenvalue weighted by Gasteiger charge is 2.05. The fourth-order valence-electron chi connectivity index (χ4n) is 0.962. The van der Waals surface area contributed by atoms with Crippen LogP contribution in [0.5, 0.6) is 0 Å². The highest BCUT2D eigenvalue weighted by Crippen LogP contribution is 2.09. The number of nitrogens with two attached hydrogens (primary N) is 1. The molecular weight excluding hydrogens is 203 g/mol. The maximum Gasteiger partial charge on any atom is 0.225 e. The first kappa shape index (κ1) is 11.0. The molecule has 1 aromatic heterocycles. The van der Waals surface area contributed by atoms with Gasteiger partial charge in [0.2, 0.25) is 5.95 Å². The van der Waals surface area contributed by atoms with E-state index in [-0.39, 0.29) is 11.9 Å². The SMILES string of the molecule is CSCC(C)Nc1ncc(F)c(N)n1. The predicted octanol–water partition coefficient (Wildman–Crippen LogP) is 1.36. The minimum Gasteiger partial charge on any atom is -0.381 e. The zero-order valence-electron chi connectivity index (χ0n) is 8.12. The molecule has 0 aliphatic heterocycles. The van der Waals surface area contributed by atoms with Gasteiger partial charge < -0.3 is 11.1 Å². The van der Waals surface area contributed by atoms with Crippen LogP contribution in [-0.2, 0) is 0 Å². The summed E-state index contributed by atoms with van der Waals surface area (Å²) in [4.78, 5) is 7.54. The van der Waals surface area contributed by atoms with Gasteiger partial charge in [0.25, 0.3) is 0 Å². The van der Waals surface area contributed by atoms with Crippen molar-refractivity contribution in [2.45, 2.75) is 13.0 Å². The van der Waals surface area contributed by atoms with Crippen LogP contribution in [0.1, 0.15) is 6.92 Å². The number of aromatic nitrogens is 2. The average Bonchev–Trinajstić information content (AvgIpc) is 2.12. The van der Waals surface area contributed by atoms with Crippen LogP contribution in [0, 0.1) is 5.82 Å². The number of rotatable bonds is 4. The summed E-state index contributed by atoms with van der Waals surface area (Å²) in [7, 11) is 0. The lowest BCUT2D eigenvalue weighted by atomic mass is 10.4. The summed E-state index contributed by atoms with van der Waals surface area (Å²) >= 11 is 1.71. The Labute approximate surface area is 86.5 Å². The maximum absolute atomic E-state index is 12.7. The lowest BCUT2D eigenvalue weighted by molar-refractivity contribution is 0.619. The minimum atomic E-state index is -0.590. The molecule has 0 fully saturated rings. The van der Waals surface area contributed by atoms with E-state index in [0.29, 0.717) is 5.95 Å². The van der Waals surface area contributed by atoms with Crippen molar-refractivity contribution in [1.82, 2.24) is 9.97 Å². The summed E-state index contributed by atoms with van der Waals surface area (Å²) in [5.74, 6) is 0.582. The van der Waals surface area contributed by atoms with Gasteiger partial charge in [0.1, 0.15) is 0 Å². The summed E-state index contributed by atoms with van der Waals surface area (Å²) in [6.45, 7) is 2.00. The Kier molecular flexibility index (Phi) is 3.94. The third-order valence-corrected chi connectivity index (χ3v) is 2.40. The average molecular weight is 216 g/mol. The largest absolute Gasteiger partial charge is 0.381 e. The van der Waals surface area contributed by atoms with Gasteiger partial charge in [-0.15, -0.1) is 0 Å². The Morgan fingerprint density at radius 1 is 1.71 bits per heavy atom. The fraction of sp³-hybridized carbons (Fsp3) is 0.500. The van der Waals surface area contributed by atoms with Crippen LogP contribution < -0.4 is 11.1 Å². The van der Waals surface area contributed by atoms with E-state index in [1.807, 2.05) is 13.2 Å². The number of anilines is 2. The van der Waals surface area contributed by atoms with Crippen LogP contribution in [0.4, 0.5) is 16.2 Å². The number of nitrogens with one attached hydrogen (secondary N) is 1. The third-order valence-electron chi connectivity index (χ3n) is 1.56. The molecule has 6 heteroatoms. The molecule has 14 heavy (non-hydrogen) atoms. The molecule has 78 valence electrons. The van der Waals surface area contributed by atoms with Crippen molar-refractivity contribution < 1.29 is 4.39 Å². The summed E-state index contributed by atoms with van der Waals surface area (Å²) < 4.78 is 12.7. The molecule has 1 atom stereocenters. The van der Waals surface area contributed by atoms with Gasteiger partial charge in [-0.25, -0.2) is 9.37 Å². The van der Waals surface area contributed by atoms with Crippen LogP contribution in [-0.4, -0.2) is 28.0 Å². The molecule has 1 rings (SSSR count). The number of hydrogen-bond donors (Lipinski definition) is 2. The molecule has 0 aliphatic carbocycles. The summed E-state index contributed by atoms with van der Waals surface area (Å²) in [5, 5.41) is 3.02. The molecular formula is C8H13FN4S. The molecule has 0 saturated carbocycles. The molecule has 4 nitrogen and oxygen atoms in total. The minimum absolute atomic E-state index is 0.126. The van der Waals surface area contributed by atoms with E-state index in [9.17, 15) is 4.39 Å². The van der Waals surface area contributed by atoms with Gasteiger partial charge in [0, 0.05) is 11.8 Å². The monoisotopic (exact) mass is 216 g/mol. The Morgan fingerprint density at radius 3 is 3.00 bits per heavy atom. The molecule has 0 bridgehead atoms. The Morgan fingerprint density at radius 2 is 2.43 bits per heavy atom. The van der Waals surface area contributed by atoms with Gasteiger partial charge in [-0.05, 0) is 13.2 Å². The van der Waals surface area contributed by atoms with E-state index in [1.165, 1.54) is 0 Å². The molecule has 0 radical (unpaired) electrons. The van der Waals surface area contributed by atoms with Gasteiger partial charge in [-0.3, -0.25) is 0 Å². The zero-order valence-corrected chi connectivity index (χ0v) is 8.94. The third kappa shape index (κ3) is 3.02. The number of nitrogens with zero attached hydrogens (tertiary/aromatic N) is 2. The summed E-state index contributed by atoms with van der Waals surface area (Å²) in [6.07, 6.45) is 3.08. The quantitative estimate of drug-likeness (QED) is 0.795. The van der Waals surface area contributed by atoms with Crippen molar-refractivity contribution >= 4 is 23.5 Å². The number of nitrogen functional groups attached to an aromatic ring is 1. The topological polar surface area (TPSA) is 63.8 Å². The molecule has 0 spiro atoms. The van der Waals surface area contributed by atoms with Gasteiger partial charge in [0.15, 0.2) is 11.6 Å². The molecule has 0 saturated heterocycles. The summed E-state index contributed by atoms with van der Waals surface area (Å²) in [6, 6.07) is 0.231. The molecule has 1 aromatic rings. The van der Waals surface area contributed by atoms with Crippen LogP contribution in [0.15, 0.2) is 6.20 Å². The van der Waals surface area contributed by atoms with E-state index in [0.717, 1.165) is 11.9 Å². The van der Waals surface area contributed by atoms with Crippen LogP contribution in [0.3, 0.4) is 0 Å². The molecule has 1 heterocycles. The second kappa shape index (κ2) is 4.99. The number of thioether (sulfide) groups is 1. The molecule has 0 aromatic carbocycles. The zero-order chi connectivity index (χ0) is 10.6. The lowest BCUT2D eigenvalue weighted by Crippen LogP contribution is -2.19. The van der Waals surface area contributed by atoms with Crippen molar-refractivity contribution in [3.8, 4) is 0 Å². The smallest absolute Gasteiger partial charge is 0.225 e. The highest BCUT2D eigenvalue weighted by molar-refractivity contribution is 7.98. The van der Waals surface area contributed by atoms with E-state index in [1.54, 1.807) is 11.8 Å². The summed E-state index contributed by atoms with van der Waals surface area (Å²) in [5.41, 5.74) is 5.30. The normalized spacial score (nSPS) is 12.5. The first-order valence-corrected chi connectivity index (χ1v) is 5.56. The van der Waals surface area contributed by atoms with E-state index < -0.39 is 5.82 Å². The van der Waals surface area contributed by atoms with Gasteiger partial charge >= 0.3 is 0 Å². The van der Waals surface area contributed by atoms with Gasteiger partial charge in [-0.1, -0.05) is 0 Å². The van der Waals surface area contributed by atoms with Crippen molar-refractivity contribution in [3.63, 3.8) is 0 Å². The van der Waals surface area contributed by atoms with Crippen LogP contribution in [0.2, 0.25) is 0 Å². The van der Waals surface area contributed by atoms with Crippen LogP contribution in [0.25, 0.3) is 0 Å². The van der Waals surface area contributed by atoms with E-state index >= 15 is 0 Å². The van der Waals surface area contributed by atoms with E-state index in [2.05, 4.69) is 15.3 Å². The van der Waals surface area contributed by atoms with Crippen molar-refractivity contribution in [2.24, 2.45) is 0 Å². The molecule has 0 aliphatic rings. The van der Waals surface area contributed by atoms with Crippen molar-refractivity contribution in [2.75, 3.05) is 23.1 Å². The fourth-order valence-corrected chi connectivity index (χ4v) is 1.55. The first-order chi connectivity index (χ1) is 6.63. The Hall–Kier alpha value is -1.04. The Bertz CT molecular complexity index is 307. The lowest BCUT2D eigenvalue weighted by Gasteiger charge is -2.11. The number of halogens is 1. The highest BCUT2D eigenvalue weighted by atomic mass is 32.2. The van der Waals surface area contributed by atoms with Crippen molar-refractivity contribution in [1.29, 1.82) is 0 Å². The molecule has 1 unspecified atom stereocenters. The Balaban J connectivity index is 2.63. The first-order valence-electron chi connectivity index (χ1n) is 4.17. The van der Waals surface area contributed by atoms with E-state index in [4.69, 9.17) is 5.73 Å². The van der Waals surface area contributed by atoms with Crippen molar-refractivity contribution in [3.05, 3.63) is 12.0 Å². The molecule has 3 N–H and O–H groups in total.